The lowest BCUT2D eigenvalue weighted by Crippen LogP contribution is -2.40. The molecule has 2 N–H and O–H groups in total. The minimum atomic E-state index is -0.827. The fourth-order valence-corrected chi connectivity index (χ4v) is 3.01. The van der Waals surface area contributed by atoms with Gasteiger partial charge in [-0.15, -0.1) is 0 Å². The lowest BCUT2D eigenvalue weighted by Gasteiger charge is -2.33. The zero-order valence-corrected chi connectivity index (χ0v) is 12.1. The molecule has 110 valence electrons. The van der Waals surface area contributed by atoms with Gasteiger partial charge in [0.25, 0.3) is 0 Å². The van der Waals surface area contributed by atoms with E-state index in [9.17, 15) is 10.2 Å². The van der Waals surface area contributed by atoms with Crippen LogP contribution in [-0.2, 0) is 0 Å². The van der Waals surface area contributed by atoms with Crippen molar-refractivity contribution in [3.8, 4) is 0 Å². The van der Waals surface area contributed by atoms with Gasteiger partial charge < -0.3 is 20.0 Å². The van der Waals surface area contributed by atoms with Crippen molar-refractivity contribution in [2.75, 3.05) is 30.1 Å². The summed E-state index contributed by atoms with van der Waals surface area (Å²) in [5.74, 6) is 0. The number of hydrogen-bond acceptors (Lipinski definition) is 4. The Kier molecular flexibility index (Phi) is 3.82. The molecule has 1 aliphatic rings. The highest BCUT2D eigenvalue weighted by atomic mass is 16.3. The average molecular weight is 284 g/mol. The molecule has 0 radical (unpaired) electrons. The molecule has 0 amide bonds. The molecule has 3 rings (SSSR count). The highest BCUT2D eigenvalue weighted by molar-refractivity contribution is 5.76. The predicted octanol–water partition coefficient (Wildman–Crippen LogP) is 1.99. The van der Waals surface area contributed by atoms with Gasteiger partial charge in [-0.2, -0.15) is 0 Å². The molecule has 2 aromatic carbocycles. The van der Waals surface area contributed by atoms with Gasteiger partial charge in [-0.25, -0.2) is 0 Å². The molecular formula is C17H20N2O2. The number of anilines is 2. The summed E-state index contributed by atoms with van der Waals surface area (Å²) in [6, 6.07) is 17.7. The first kappa shape index (κ1) is 13.9. The van der Waals surface area contributed by atoms with Crippen molar-refractivity contribution in [3.05, 3.63) is 60.2 Å². The molecule has 4 nitrogen and oxygen atoms in total. The summed E-state index contributed by atoms with van der Waals surface area (Å²) in [4.78, 5) is 4.29. The topological polar surface area (TPSA) is 46.9 Å². The van der Waals surface area contributed by atoms with E-state index < -0.39 is 6.10 Å². The molecule has 0 aliphatic carbocycles. The van der Waals surface area contributed by atoms with Gasteiger partial charge in [0.05, 0.1) is 30.7 Å². The van der Waals surface area contributed by atoms with E-state index in [2.05, 4.69) is 21.9 Å². The summed E-state index contributed by atoms with van der Waals surface area (Å²) in [6.45, 7) is 0.428. The zero-order chi connectivity index (χ0) is 14.8. The van der Waals surface area contributed by atoms with Crippen molar-refractivity contribution >= 4 is 11.4 Å². The third-order valence-electron chi connectivity index (χ3n) is 4.00. The lowest BCUT2D eigenvalue weighted by molar-refractivity contribution is 0.0717. The van der Waals surface area contributed by atoms with Crippen LogP contribution in [0.3, 0.4) is 0 Å². The molecule has 0 aromatic heterocycles. The van der Waals surface area contributed by atoms with E-state index in [1.165, 1.54) is 0 Å². The lowest BCUT2D eigenvalue weighted by atomic mass is 10.00. The minimum absolute atomic E-state index is 0.262. The van der Waals surface area contributed by atoms with E-state index in [1.807, 2.05) is 49.5 Å². The molecule has 1 heterocycles. The Morgan fingerprint density at radius 2 is 1.62 bits per heavy atom. The molecule has 0 saturated heterocycles. The summed E-state index contributed by atoms with van der Waals surface area (Å²) in [5.41, 5.74) is 3.23. The van der Waals surface area contributed by atoms with Crippen LogP contribution in [0, 0.1) is 0 Å². The average Bonchev–Trinajstić information content (AvgIpc) is 2.86. The summed E-state index contributed by atoms with van der Waals surface area (Å²) in [7, 11) is 2.03. The number of fused-ring (bicyclic) bond motifs is 1. The van der Waals surface area contributed by atoms with E-state index in [4.69, 9.17) is 0 Å². The van der Waals surface area contributed by atoms with Crippen LogP contribution in [0.5, 0.6) is 0 Å². The van der Waals surface area contributed by atoms with Crippen molar-refractivity contribution in [1.29, 1.82) is 0 Å². The van der Waals surface area contributed by atoms with Crippen LogP contribution in [0.15, 0.2) is 54.6 Å². The van der Waals surface area contributed by atoms with Crippen molar-refractivity contribution in [2.24, 2.45) is 0 Å². The fraction of sp³-hybridized carbons (Fsp3) is 0.294. The van der Waals surface area contributed by atoms with Gasteiger partial charge in [0.15, 0.2) is 0 Å². The summed E-state index contributed by atoms with van der Waals surface area (Å²) in [5, 5.41) is 19.8. The van der Waals surface area contributed by atoms with E-state index in [1.54, 1.807) is 0 Å². The smallest absolute Gasteiger partial charge is 0.102 e. The van der Waals surface area contributed by atoms with Gasteiger partial charge in [0, 0.05) is 7.05 Å². The zero-order valence-electron chi connectivity index (χ0n) is 12.1. The van der Waals surface area contributed by atoms with Gasteiger partial charge in [-0.1, -0.05) is 42.5 Å². The molecular weight excluding hydrogens is 264 g/mol. The van der Waals surface area contributed by atoms with E-state index >= 15 is 0 Å². The monoisotopic (exact) mass is 284 g/mol. The molecule has 0 saturated carbocycles. The Morgan fingerprint density at radius 1 is 1.00 bits per heavy atom. The Morgan fingerprint density at radius 3 is 2.29 bits per heavy atom. The van der Waals surface area contributed by atoms with Crippen molar-refractivity contribution in [1.82, 2.24) is 0 Å². The van der Waals surface area contributed by atoms with Crippen LogP contribution in [0.4, 0.5) is 11.4 Å². The van der Waals surface area contributed by atoms with E-state index in [0.717, 1.165) is 16.9 Å². The Bertz CT molecular complexity index is 603. The first-order valence-corrected chi connectivity index (χ1v) is 7.13. The normalized spacial score (nSPS) is 16.7. The molecule has 21 heavy (non-hydrogen) atoms. The highest BCUT2D eigenvalue weighted by Gasteiger charge is 2.33. The van der Waals surface area contributed by atoms with Gasteiger partial charge in [0.2, 0.25) is 0 Å². The SMILES string of the molecule is CN1CN([C@@H](c2ccccc2)[C@H](O)CO)c2ccccc21. The number of aliphatic hydroxyl groups is 2. The molecule has 2 aromatic rings. The van der Waals surface area contributed by atoms with Gasteiger partial charge in [-0.3, -0.25) is 0 Å². The molecule has 4 heteroatoms. The standard InChI is InChI=1S/C17H20N2O2/c1-18-12-19(15-10-6-5-9-14(15)18)17(16(21)11-20)13-7-3-2-4-8-13/h2-10,16-17,20-21H,11-12H2,1H3/t16-,17+/m1/s1. The van der Waals surface area contributed by atoms with Gasteiger partial charge in [-0.05, 0) is 17.7 Å². The quantitative estimate of drug-likeness (QED) is 0.901. The van der Waals surface area contributed by atoms with E-state index in [-0.39, 0.29) is 12.6 Å². The second-order valence-electron chi connectivity index (χ2n) is 5.40. The number of rotatable bonds is 4. The van der Waals surface area contributed by atoms with Gasteiger partial charge >= 0.3 is 0 Å². The van der Waals surface area contributed by atoms with E-state index in [0.29, 0.717) is 6.67 Å². The highest BCUT2D eigenvalue weighted by Crippen LogP contribution is 2.40. The van der Waals surface area contributed by atoms with Crippen LogP contribution in [-0.4, -0.2) is 36.6 Å². The van der Waals surface area contributed by atoms with Crippen molar-refractivity contribution < 1.29 is 10.2 Å². The minimum Gasteiger partial charge on any atom is -0.394 e. The number of aliphatic hydroxyl groups excluding tert-OH is 2. The number of nitrogens with zero attached hydrogens (tertiary/aromatic N) is 2. The predicted molar refractivity (Wildman–Crippen MR) is 84.5 cm³/mol. The third-order valence-corrected chi connectivity index (χ3v) is 4.00. The fourth-order valence-electron chi connectivity index (χ4n) is 3.01. The summed E-state index contributed by atoms with van der Waals surface area (Å²) >= 11 is 0. The number of hydrogen-bond donors (Lipinski definition) is 2. The van der Waals surface area contributed by atoms with Crippen LogP contribution in [0.2, 0.25) is 0 Å². The van der Waals surface area contributed by atoms with Crippen LogP contribution in [0.25, 0.3) is 0 Å². The molecule has 0 fully saturated rings. The Hall–Kier alpha value is -2.04. The van der Waals surface area contributed by atoms with Crippen LogP contribution >= 0.6 is 0 Å². The second-order valence-corrected chi connectivity index (χ2v) is 5.40. The Balaban J connectivity index is 2.03. The molecule has 2 atom stereocenters. The van der Waals surface area contributed by atoms with Crippen molar-refractivity contribution in [3.63, 3.8) is 0 Å². The first-order valence-electron chi connectivity index (χ1n) is 7.13. The summed E-state index contributed by atoms with van der Waals surface area (Å²) < 4.78 is 0. The first-order chi connectivity index (χ1) is 10.2. The van der Waals surface area contributed by atoms with Crippen LogP contribution < -0.4 is 9.80 Å². The maximum Gasteiger partial charge on any atom is 0.102 e. The maximum atomic E-state index is 10.3. The molecule has 0 bridgehead atoms. The second kappa shape index (κ2) is 5.76. The number of para-hydroxylation sites is 2. The summed E-state index contributed by atoms with van der Waals surface area (Å²) in [6.07, 6.45) is -0.827. The van der Waals surface area contributed by atoms with Gasteiger partial charge in [0.1, 0.15) is 6.10 Å². The molecule has 0 unspecified atom stereocenters. The largest absolute Gasteiger partial charge is 0.394 e. The maximum absolute atomic E-state index is 10.3. The third kappa shape index (κ3) is 2.48. The molecule has 0 spiro atoms. The van der Waals surface area contributed by atoms with Crippen molar-refractivity contribution in [2.45, 2.75) is 12.1 Å². The molecule has 1 aliphatic heterocycles. The number of benzene rings is 2. The van der Waals surface area contributed by atoms with Crippen LogP contribution in [0.1, 0.15) is 11.6 Å². The Labute approximate surface area is 124 Å².